The van der Waals surface area contributed by atoms with Gasteiger partial charge in [-0.1, -0.05) is 26.0 Å². The standard InChI is InChI=1S/C17H22N4O2/c1-12(2)10-19-16(22)15-8-9-18-17(21-15)20-11-13-4-6-14(23-3)7-5-13/h4-9,12H,10-11H2,1-3H3,(H,19,22)(H,18,20,21). The maximum Gasteiger partial charge on any atom is 0.270 e. The minimum Gasteiger partial charge on any atom is -0.497 e. The van der Waals surface area contributed by atoms with Gasteiger partial charge in [0, 0.05) is 19.3 Å². The van der Waals surface area contributed by atoms with Gasteiger partial charge in [-0.15, -0.1) is 0 Å². The second kappa shape index (κ2) is 8.12. The van der Waals surface area contributed by atoms with Gasteiger partial charge in [-0.2, -0.15) is 0 Å². The largest absolute Gasteiger partial charge is 0.497 e. The first-order valence-electron chi connectivity index (χ1n) is 7.56. The normalized spacial score (nSPS) is 10.4. The lowest BCUT2D eigenvalue weighted by Crippen LogP contribution is -2.28. The summed E-state index contributed by atoms with van der Waals surface area (Å²) in [5.74, 6) is 1.45. The highest BCUT2D eigenvalue weighted by molar-refractivity contribution is 5.92. The third-order valence-electron chi connectivity index (χ3n) is 3.17. The summed E-state index contributed by atoms with van der Waals surface area (Å²) in [5, 5.41) is 5.96. The van der Waals surface area contributed by atoms with Gasteiger partial charge in [0.15, 0.2) is 0 Å². The molecule has 0 saturated carbocycles. The molecule has 0 fully saturated rings. The molecule has 2 aromatic rings. The number of nitrogens with one attached hydrogen (secondary N) is 2. The van der Waals surface area contributed by atoms with Crippen molar-refractivity contribution >= 4 is 11.9 Å². The second-order valence-electron chi connectivity index (χ2n) is 5.57. The summed E-state index contributed by atoms with van der Waals surface area (Å²) in [4.78, 5) is 20.4. The average molecular weight is 314 g/mol. The zero-order chi connectivity index (χ0) is 16.7. The van der Waals surface area contributed by atoms with Crippen molar-refractivity contribution in [1.82, 2.24) is 15.3 Å². The number of aromatic nitrogens is 2. The van der Waals surface area contributed by atoms with Crippen molar-refractivity contribution in [3.8, 4) is 5.75 Å². The topological polar surface area (TPSA) is 76.1 Å². The zero-order valence-corrected chi connectivity index (χ0v) is 13.7. The number of anilines is 1. The maximum absolute atomic E-state index is 12.0. The van der Waals surface area contributed by atoms with Gasteiger partial charge in [0.1, 0.15) is 11.4 Å². The van der Waals surface area contributed by atoms with E-state index in [2.05, 4.69) is 20.6 Å². The van der Waals surface area contributed by atoms with Gasteiger partial charge in [0.05, 0.1) is 7.11 Å². The summed E-state index contributed by atoms with van der Waals surface area (Å²) in [5.41, 5.74) is 1.43. The van der Waals surface area contributed by atoms with Crippen LogP contribution in [0, 0.1) is 5.92 Å². The quantitative estimate of drug-likeness (QED) is 0.821. The molecule has 1 aromatic heterocycles. The van der Waals surface area contributed by atoms with Gasteiger partial charge in [0.25, 0.3) is 5.91 Å². The van der Waals surface area contributed by atoms with Gasteiger partial charge in [0.2, 0.25) is 5.95 Å². The molecule has 1 amide bonds. The van der Waals surface area contributed by atoms with E-state index in [0.29, 0.717) is 30.6 Å². The molecule has 2 rings (SSSR count). The predicted octanol–water partition coefficient (Wildman–Crippen LogP) is 2.48. The highest BCUT2D eigenvalue weighted by atomic mass is 16.5. The van der Waals surface area contributed by atoms with Gasteiger partial charge in [-0.05, 0) is 29.7 Å². The fourth-order valence-electron chi connectivity index (χ4n) is 1.88. The molecule has 6 nitrogen and oxygen atoms in total. The number of carbonyl (C=O) groups is 1. The number of hydrogen-bond acceptors (Lipinski definition) is 5. The van der Waals surface area contributed by atoms with E-state index < -0.39 is 0 Å². The van der Waals surface area contributed by atoms with E-state index in [9.17, 15) is 4.79 Å². The molecule has 0 spiro atoms. The van der Waals surface area contributed by atoms with Crippen LogP contribution in [0.25, 0.3) is 0 Å². The average Bonchev–Trinajstić information content (AvgIpc) is 2.58. The molecular formula is C17H22N4O2. The molecule has 122 valence electrons. The SMILES string of the molecule is COc1ccc(CNc2nccc(C(=O)NCC(C)C)n2)cc1. The first-order chi connectivity index (χ1) is 11.1. The van der Waals surface area contributed by atoms with Crippen LogP contribution >= 0.6 is 0 Å². The number of nitrogens with zero attached hydrogens (tertiary/aromatic N) is 2. The summed E-state index contributed by atoms with van der Waals surface area (Å²) in [6.07, 6.45) is 1.58. The number of methoxy groups -OCH3 is 1. The number of amides is 1. The molecule has 0 atom stereocenters. The van der Waals surface area contributed by atoms with Crippen LogP contribution in [0.1, 0.15) is 29.9 Å². The van der Waals surface area contributed by atoms with Crippen LogP contribution in [0.15, 0.2) is 36.5 Å². The maximum atomic E-state index is 12.0. The van der Waals surface area contributed by atoms with Crippen molar-refractivity contribution in [2.75, 3.05) is 19.0 Å². The Kier molecular flexibility index (Phi) is 5.91. The number of carbonyl (C=O) groups excluding carboxylic acids is 1. The van der Waals surface area contributed by atoms with Crippen molar-refractivity contribution in [1.29, 1.82) is 0 Å². The van der Waals surface area contributed by atoms with E-state index in [1.54, 1.807) is 19.4 Å². The summed E-state index contributed by atoms with van der Waals surface area (Å²) < 4.78 is 5.12. The van der Waals surface area contributed by atoms with Crippen molar-refractivity contribution in [3.05, 3.63) is 47.8 Å². The Morgan fingerprint density at radius 1 is 1.22 bits per heavy atom. The van der Waals surface area contributed by atoms with E-state index in [1.165, 1.54) is 0 Å². The summed E-state index contributed by atoms with van der Waals surface area (Å²) >= 11 is 0. The molecule has 23 heavy (non-hydrogen) atoms. The molecule has 0 aliphatic rings. The lowest BCUT2D eigenvalue weighted by molar-refractivity contribution is 0.0944. The number of rotatable bonds is 7. The Labute approximate surface area is 136 Å². The lowest BCUT2D eigenvalue weighted by atomic mass is 10.2. The molecular weight excluding hydrogens is 292 g/mol. The molecule has 0 radical (unpaired) electrons. The highest BCUT2D eigenvalue weighted by Crippen LogP contribution is 2.12. The Bertz CT molecular complexity index is 641. The first kappa shape index (κ1) is 16.7. The first-order valence-corrected chi connectivity index (χ1v) is 7.56. The monoisotopic (exact) mass is 314 g/mol. The highest BCUT2D eigenvalue weighted by Gasteiger charge is 2.09. The van der Waals surface area contributed by atoms with Gasteiger partial charge < -0.3 is 15.4 Å². The lowest BCUT2D eigenvalue weighted by Gasteiger charge is -2.09. The van der Waals surface area contributed by atoms with Crippen LogP contribution in [-0.2, 0) is 6.54 Å². The molecule has 2 N–H and O–H groups in total. The van der Waals surface area contributed by atoms with Crippen molar-refractivity contribution < 1.29 is 9.53 Å². The van der Waals surface area contributed by atoms with Crippen LogP contribution in [-0.4, -0.2) is 29.5 Å². The Morgan fingerprint density at radius 2 is 1.96 bits per heavy atom. The van der Waals surface area contributed by atoms with E-state index >= 15 is 0 Å². The van der Waals surface area contributed by atoms with Crippen molar-refractivity contribution in [3.63, 3.8) is 0 Å². The Morgan fingerprint density at radius 3 is 2.61 bits per heavy atom. The minimum absolute atomic E-state index is 0.186. The van der Waals surface area contributed by atoms with Crippen LogP contribution < -0.4 is 15.4 Å². The van der Waals surface area contributed by atoms with Crippen LogP contribution in [0.4, 0.5) is 5.95 Å². The van der Waals surface area contributed by atoms with E-state index in [0.717, 1.165) is 11.3 Å². The van der Waals surface area contributed by atoms with E-state index in [-0.39, 0.29) is 5.91 Å². The predicted molar refractivity (Wildman–Crippen MR) is 89.5 cm³/mol. The molecule has 0 bridgehead atoms. The van der Waals surface area contributed by atoms with Gasteiger partial charge >= 0.3 is 0 Å². The molecule has 6 heteroatoms. The molecule has 0 aliphatic carbocycles. The third-order valence-corrected chi connectivity index (χ3v) is 3.17. The fourth-order valence-corrected chi connectivity index (χ4v) is 1.88. The molecule has 0 unspecified atom stereocenters. The Hall–Kier alpha value is -2.63. The van der Waals surface area contributed by atoms with Gasteiger partial charge in [-0.3, -0.25) is 4.79 Å². The van der Waals surface area contributed by atoms with E-state index in [1.807, 2.05) is 38.1 Å². The van der Waals surface area contributed by atoms with Crippen LogP contribution in [0.2, 0.25) is 0 Å². The molecule has 0 saturated heterocycles. The summed E-state index contributed by atoms with van der Waals surface area (Å²) in [6.45, 7) is 5.28. The minimum atomic E-state index is -0.186. The summed E-state index contributed by atoms with van der Waals surface area (Å²) in [7, 11) is 1.64. The van der Waals surface area contributed by atoms with Crippen molar-refractivity contribution in [2.45, 2.75) is 20.4 Å². The fraction of sp³-hybridized carbons (Fsp3) is 0.353. The smallest absolute Gasteiger partial charge is 0.270 e. The number of benzene rings is 1. The second-order valence-corrected chi connectivity index (χ2v) is 5.57. The third kappa shape index (κ3) is 5.25. The number of ether oxygens (including phenoxy) is 1. The van der Waals surface area contributed by atoms with Crippen molar-refractivity contribution in [2.24, 2.45) is 5.92 Å². The molecule has 0 aliphatic heterocycles. The summed E-state index contributed by atoms with van der Waals surface area (Å²) in [6, 6.07) is 9.32. The molecule has 1 heterocycles. The Balaban J connectivity index is 1.95. The zero-order valence-electron chi connectivity index (χ0n) is 13.7. The van der Waals surface area contributed by atoms with Gasteiger partial charge in [-0.25, -0.2) is 9.97 Å². The molecule has 1 aromatic carbocycles. The van der Waals surface area contributed by atoms with Crippen LogP contribution in [0.5, 0.6) is 5.75 Å². The van der Waals surface area contributed by atoms with Crippen LogP contribution in [0.3, 0.4) is 0 Å². The number of hydrogen-bond donors (Lipinski definition) is 2. The van der Waals surface area contributed by atoms with E-state index in [4.69, 9.17) is 4.74 Å².